The summed E-state index contributed by atoms with van der Waals surface area (Å²) in [7, 11) is 0. The second-order valence-corrected chi connectivity index (χ2v) is 8.62. The smallest absolute Gasteiger partial charge is 0.0227 e. The fourth-order valence-corrected chi connectivity index (χ4v) is 6.07. The molecule has 4 aromatic rings. The van der Waals surface area contributed by atoms with Gasteiger partial charge in [-0.25, -0.2) is 0 Å². The molecule has 0 N–H and O–H groups in total. The lowest BCUT2D eigenvalue weighted by molar-refractivity contribution is 0.535. The van der Waals surface area contributed by atoms with Crippen molar-refractivity contribution in [2.24, 2.45) is 0 Å². The Morgan fingerprint density at radius 2 is 0.828 bits per heavy atom. The maximum Gasteiger partial charge on any atom is 0.0227 e. The Morgan fingerprint density at radius 1 is 0.448 bits per heavy atom. The van der Waals surface area contributed by atoms with Crippen LogP contribution >= 0.6 is 0 Å². The molecule has 1 spiro atoms. The van der Waals surface area contributed by atoms with Crippen LogP contribution in [0.25, 0.3) is 11.1 Å². The van der Waals surface area contributed by atoms with Crippen LogP contribution in [0.2, 0.25) is 0 Å². The van der Waals surface area contributed by atoms with Crippen LogP contribution in [0.5, 0.6) is 0 Å². The molecule has 6 rings (SSSR count). The summed E-state index contributed by atoms with van der Waals surface area (Å²) in [5, 5.41) is 0. The largest absolute Gasteiger partial charge is 0.0622 e. The van der Waals surface area contributed by atoms with Gasteiger partial charge in [0, 0.05) is 5.41 Å². The van der Waals surface area contributed by atoms with Gasteiger partial charge in [0.25, 0.3) is 0 Å². The topological polar surface area (TPSA) is 0 Å². The molecule has 0 saturated heterocycles. The highest BCUT2D eigenvalue weighted by Gasteiger charge is 2.52. The number of fused-ring (bicyclic) bond motifs is 5. The average Bonchev–Trinajstić information content (AvgIpc) is 3.34. The van der Waals surface area contributed by atoms with E-state index in [9.17, 15) is 0 Å². The summed E-state index contributed by atoms with van der Waals surface area (Å²) in [6.07, 6.45) is 2.34. The average molecular weight is 373 g/mol. The van der Waals surface area contributed by atoms with Gasteiger partial charge in [-0.2, -0.15) is 0 Å². The van der Waals surface area contributed by atoms with Gasteiger partial charge in [0.2, 0.25) is 0 Å². The van der Waals surface area contributed by atoms with E-state index in [2.05, 4.69) is 109 Å². The van der Waals surface area contributed by atoms with Gasteiger partial charge in [0.1, 0.15) is 0 Å². The van der Waals surface area contributed by atoms with Crippen molar-refractivity contribution >= 4 is 0 Å². The van der Waals surface area contributed by atoms with Crippen LogP contribution < -0.4 is 0 Å². The monoisotopic (exact) mass is 372 g/mol. The Bertz CT molecular complexity index is 1060. The van der Waals surface area contributed by atoms with Crippen molar-refractivity contribution in [3.63, 3.8) is 0 Å². The Kier molecular flexibility index (Phi) is 3.74. The van der Waals surface area contributed by atoms with Crippen LogP contribution in [0.4, 0.5) is 0 Å². The summed E-state index contributed by atoms with van der Waals surface area (Å²) in [5.41, 5.74) is 8.97. The third-order valence-electron chi connectivity index (χ3n) is 7.25. The molecule has 0 heterocycles. The second kappa shape index (κ2) is 6.46. The van der Waals surface area contributed by atoms with Crippen molar-refractivity contribution in [2.45, 2.75) is 30.1 Å². The predicted octanol–water partition coefficient (Wildman–Crippen LogP) is 7.31. The van der Waals surface area contributed by atoms with E-state index in [1.165, 1.54) is 46.2 Å². The van der Waals surface area contributed by atoms with Crippen LogP contribution in [0.3, 0.4) is 0 Å². The standard InChI is InChI=1S/C29H24/c1-3-11-21(12-4-1)25-19-29(20-26(25)22-13-5-2-6-14-22)27-17-9-7-15-23(27)24-16-8-10-18-28(24)29/h1-18,25-26H,19-20H2. The second-order valence-electron chi connectivity index (χ2n) is 8.62. The summed E-state index contributed by atoms with van der Waals surface area (Å²) < 4.78 is 0. The van der Waals surface area contributed by atoms with Crippen molar-refractivity contribution in [2.75, 3.05) is 0 Å². The third-order valence-corrected chi connectivity index (χ3v) is 7.25. The fraction of sp³-hybridized carbons (Fsp3) is 0.172. The number of hydrogen-bond donors (Lipinski definition) is 0. The van der Waals surface area contributed by atoms with E-state index in [0.29, 0.717) is 11.8 Å². The Morgan fingerprint density at radius 3 is 1.28 bits per heavy atom. The molecule has 0 aromatic heterocycles. The van der Waals surface area contributed by atoms with Gasteiger partial charge in [-0.05, 0) is 58.1 Å². The van der Waals surface area contributed by atoms with Crippen molar-refractivity contribution < 1.29 is 0 Å². The molecule has 0 bridgehead atoms. The van der Waals surface area contributed by atoms with Crippen molar-refractivity contribution in [3.8, 4) is 11.1 Å². The van der Waals surface area contributed by atoms with E-state index >= 15 is 0 Å². The normalized spacial score (nSPS) is 21.1. The van der Waals surface area contributed by atoms with E-state index in [-0.39, 0.29) is 5.41 Å². The first-order chi connectivity index (χ1) is 14.4. The number of benzene rings is 4. The van der Waals surface area contributed by atoms with Crippen LogP contribution in [0.1, 0.15) is 46.9 Å². The Hall–Kier alpha value is -3.12. The van der Waals surface area contributed by atoms with Crippen molar-refractivity contribution in [1.29, 1.82) is 0 Å². The molecule has 1 saturated carbocycles. The summed E-state index contributed by atoms with van der Waals surface area (Å²) in [6.45, 7) is 0. The van der Waals surface area contributed by atoms with E-state index in [0.717, 1.165) is 0 Å². The summed E-state index contributed by atoms with van der Waals surface area (Å²) >= 11 is 0. The first-order valence-corrected chi connectivity index (χ1v) is 10.7. The SMILES string of the molecule is c1ccc(C2CC3(CC2c2ccccc2)c2ccccc2-c2ccccc23)cc1. The minimum absolute atomic E-state index is 0.105. The maximum absolute atomic E-state index is 2.38. The molecular weight excluding hydrogens is 348 g/mol. The van der Waals surface area contributed by atoms with Gasteiger partial charge in [0.05, 0.1) is 0 Å². The zero-order chi connectivity index (χ0) is 19.3. The lowest BCUT2D eigenvalue weighted by Crippen LogP contribution is -2.21. The van der Waals surface area contributed by atoms with Gasteiger partial charge >= 0.3 is 0 Å². The fourth-order valence-electron chi connectivity index (χ4n) is 6.07. The molecule has 0 aliphatic heterocycles. The highest BCUT2D eigenvalue weighted by Crippen LogP contribution is 2.63. The number of rotatable bonds is 2. The molecule has 2 aliphatic carbocycles. The van der Waals surface area contributed by atoms with E-state index in [1.807, 2.05) is 0 Å². The highest BCUT2D eigenvalue weighted by atomic mass is 14.5. The first kappa shape index (κ1) is 16.8. The molecule has 1 fully saturated rings. The summed E-state index contributed by atoms with van der Waals surface area (Å²) in [5.74, 6) is 1.05. The minimum Gasteiger partial charge on any atom is -0.0622 e. The van der Waals surface area contributed by atoms with Gasteiger partial charge in [-0.3, -0.25) is 0 Å². The molecular formula is C29H24. The molecule has 2 atom stereocenters. The summed E-state index contributed by atoms with van der Waals surface area (Å²) in [6, 6.07) is 40.5. The van der Waals surface area contributed by atoms with Crippen molar-refractivity contribution in [3.05, 3.63) is 131 Å². The highest BCUT2D eigenvalue weighted by molar-refractivity contribution is 5.81. The molecule has 0 heteroatoms. The molecule has 0 radical (unpaired) electrons. The molecule has 0 amide bonds. The number of hydrogen-bond acceptors (Lipinski definition) is 0. The van der Waals surface area contributed by atoms with Crippen LogP contribution in [-0.2, 0) is 5.41 Å². The minimum atomic E-state index is 0.105. The quantitative estimate of drug-likeness (QED) is 0.346. The van der Waals surface area contributed by atoms with Crippen molar-refractivity contribution in [1.82, 2.24) is 0 Å². The molecule has 2 unspecified atom stereocenters. The molecule has 2 aliphatic rings. The third kappa shape index (κ3) is 2.45. The molecule has 4 aromatic carbocycles. The predicted molar refractivity (Wildman–Crippen MR) is 120 cm³/mol. The lowest BCUT2D eigenvalue weighted by atomic mass is 9.75. The van der Waals surface area contributed by atoms with E-state index < -0.39 is 0 Å². The molecule has 140 valence electrons. The van der Waals surface area contributed by atoms with Gasteiger partial charge in [-0.1, -0.05) is 109 Å². The van der Waals surface area contributed by atoms with E-state index in [4.69, 9.17) is 0 Å². The molecule has 0 nitrogen and oxygen atoms in total. The maximum atomic E-state index is 2.38. The zero-order valence-corrected chi connectivity index (χ0v) is 16.5. The Balaban J connectivity index is 1.57. The van der Waals surface area contributed by atoms with Crippen LogP contribution in [0.15, 0.2) is 109 Å². The van der Waals surface area contributed by atoms with Crippen LogP contribution in [-0.4, -0.2) is 0 Å². The molecule has 29 heavy (non-hydrogen) atoms. The zero-order valence-electron chi connectivity index (χ0n) is 16.5. The Labute approximate surface area is 172 Å². The van der Waals surface area contributed by atoms with Crippen LogP contribution in [0, 0.1) is 0 Å². The van der Waals surface area contributed by atoms with Gasteiger partial charge in [0.15, 0.2) is 0 Å². The lowest BCUT2D eigenvalue weighted by Gasteiger charge is -2.27. The summed E-state index contributed by atoms with van der Waals surface area (Å²) in [4.78, 5) is 0. The van der Waals surface area contributed by atoms with Gasteiger partial charge < -0.3 is 0 Å². The van der Waals surface area contributed by atoms with Gasteiger partial charge in [-0.15, -0.1) is 0 Å². The first-order valence-electron chi connectivity index (χ1n) is 10.7. The van der Waals surface area contributed by atoms with E-state index in [1.54, 1.807) is 0 Å².